The standard InChI is InChI=1S/C11H13N3OS/c12-11(16)14-13-6-9-5-8(7-1-2-7)3-4-10(9)15/h3-7,15H,1-2H2,(H3,12,14,16). The number of phenols is 1. The highest BCUT2D eigenvalue weighted by molar-refractivity contribution is 7.80. The molecule has 5 heteroatoms. The zero-order chi connectivity index (χ0) is 11.5. The van der Waals surface area contributed by atoms with Crippen LogP contribution in [0.4, 0.5) is 0 Å². The Kier molecular flexibility index (Phi) is 3.05. The number of phenolic OH excluding ortho intramolecular Hbond substituents is 1. The van der Waals surface area contributed by atoms with Crippen molar-refractivity contribution < 1.29 is 5.11 Å². The fourth-order valence-corrected chi connectivity index (χ4v) is 1.57. The number of hydrazone groups is 1. The van der Waals surface area contributed by atoms with Crippen molar-refractivity contribution in [2.24, 2.45) is 10.8 Å². The van der Waals surface area contributed by atoms with Crippen LogP contribution in [0.1, 0.15) is 29.9 Å². The highest BCUT2D eigenvalue weighted by Crippen LogP contribution is 2.40. The van der Waals surface area contributed by atoms with Crippen LogP contribution in [0.25, 0.3) is 0 Å². The second kappa shape index (κ2) is 4.49. The molecule has 1 aromatic carbocycles. The van der Waals surface area contributed by atoms with Crippen molar-refractivity contribution in [1.29, 1.82) is 0 Å². The largest absolute Gasteiger partial charge is 0.507 e. The summed E-state index contributed by atoms with van der Waals surface area (Å²) in [5.74, 6) is 0.856. The Hall–Kier alpha value is -1.62. The Morgan fingerprint density at radius 1 is 1.56 bits per heavy atom. The first-order chi connectivity index (χ1) is 7.66. The molecule has 1 aliphatic rings. The molecular weight excluding hydrogens is 222 g/mol. The molecule has 0 unspecified atom stereocenters. The third kappa shape index (κ3) is 2.70. The molecule has 0 saturated heterocycles. The molecule has 1 aromatic rings. The van der Waals surface area contributed by atoms with Gasteiger partial charge in [-0.2, -0.15) is 5.10 Å². The normalized spacial score (nSPS) is 15.2. The average molecular weight is 235 g/mol. The Morgan fingerprint density at radius 2 is 2.31 bits per heavy atom. The van der Waals surface area contributed by atoms with Gasteiger partial charge in [-0.15, -0.1) is 0 Å². The first-order valence-electron chi connectivity index (χ1n) is 5.08. The van der Waals surface area contributed by atoms with Crippen LogP contribution in [0.3, 0.4) is 0 Å². The third-order valence-electron chi connectivity index (χ3n) is 2.48. The molecule has 4 N–H and O–H groups in total. The van der Waals surface area contributed by atoms with Crippen molar-refractivity contribution in [2.45, 2.75) is 18.8 Å². The Balaban J connectivity index is 2.14. The summed E-state index contributed by atoms with van der Waals surface area (Å²) in [6, 6.07) is 5.58. The lowest BCUT2D eigenvalue weighted by Gasteiger charge is -2.02. The molecule has 16 heavy (non-hydrogen) atoms. The lowest BCUT2D eigenvalue weighted by Crippen LogP contribution is -2.24. The smallest absolute Gasteiger partial charge is 0.184 e. The number of nitrogens with zero attached hydrogens (tertiary/aromatic N) is 1. The van der Waals surface area contributed by atoms with E-state index in [2.05, 4.69) is 22.7 Å². The molecule has 0 aliphatic heterocycles. The van der Waals surface area contributed by atoms with Crippen molar-refractivity contribution in [3.05, 3.63) is 29.3 Å². The molecule has 0 radical (unpaired) electrons. The van der Waals surface area contributed by atoms with Gasteiger partial charge in [0, 0.05) is 5.56 Å². The fraction of sp³-hybridized carbons (Fsp3) is 0.273. The second-order valence-electron chi connectivity index (χ2n) is 3.83. The minimum absolute atomic E-state index is 0.106. The lowest BCUT2D eigenvalue weighted by molar-refractivity contribution is 0.474. The van der Waals surface area contributed by atoms with Crippen LogP contribution >= 0.6 is 12.2 Å². The number of benzene rings is 1. The third-order valence-corrected chi connectivity index (χ3v) is 2.57. The lowest BCUT2D eigenvalue weighted by atomic mass is 10.1. The summed E-state index contributed by atoms with van der Waals surface area (Å²) in [5.41, 5.74) is 9.60. The molecule has 0 aromatic heterocycles. The van der Waals surface area contributed by atoms with E-state index < -0.39 is 0 Å². The van der Waals surface area contributed by atoms with Gasteiger partial charge < -0.3 is 10.8 Å². The summed E-state index contributed by atoms with van der Waals surface area (Å²) < 4.78 is 0. The van der Waals surface area contributed by atoms with Gasteiger partial charge >= 0.3 is 0 Å². The molecule has 0 spiro atoms. The number of hydrogen-bond donors (Lipinski definition) is 3. The molecule has 1 fully saturated rings. The molecule has 1 aliphatic carbocycles. The number of nitrogens with two attached hydrogens (primary N) is 1. The Morgan fingerprint density at radius 3 is 2.94 bits per heavy atom. The van der Waals surface area contributed by atoms with Crippen molar-refractivity contribution in [3.8, 4) is 5.75 Å². The highest BCUT2D eigenvalue weighted by Gasteiger charge is 2.23. The minimum Gasteiger partial charge on any atom is -0.507 e. The van der Waals surface area contributed by atoms with Crippen LogP contribution < -0.4 is 11.2 Å². The van der Waals surface area contributed by atoms with Gasteiger partial charge in [-0.1, -0.05) is 6.07 Å². The Labute approximate surface area is 99.2 Å². The summed E-state index contributed by atoms with van der Waals surface area (Å²) >= 11 is 4.61. The molecule has 84 valence electrons. The van der Waals surface area contributed by atoms with Gasteiger partial charge in [0.2, 0.25) is 0 Å². The molecule has 0 atom stereocenters. The summed E-state index contributed by atoms with van der Waals surface area (Å²) in [5, 5.41) is 13.5. The van der Waals surface area contributed by atoms with Gasteiger partial charge in [0.05, 0.1) is 6.21 Å². The van der Waals surface area contributed by atoms with Crippen LogP contribution in [0.2, 0.25) is 0 Å². The van der Waals surface area contributed by atoms with Gasteiger partial charge in [0.1, 0.15) is 5.75 Å². The summed E-state index contributed by atoms with van der Waals surface area (Å²) in [4.78, 5) is 0. The van der Waals surface area contributed by atoms with E-state index >= 15 is 0 Å². The number of nitrogens with one attached hydrogen (secondary N) is 1. The van der Waals surface area contributed by atoms with E-state index in [-0.39, 0.29) is 10.9 Å². The van der Waals surface area contributed by atoms with Crippen LogP contribution in [-0.2, 0) is 0 Å². The minimum atomic E-state index is 0.106. The maximum absolute atomic E-state index is 9.62. The maximum atomic E-state index is 9.62. The average Bonchev–Trinajstić information content (AvgIpc) is 3.04. The predicted molar refractivity (Wildman–Crippen MR) is 67.6 cm³/mol. The van der Waals surface area contributed by atoms with Gasteiger partial charge in [0.15, 0.2) is 5.11 Å². The van der Waals surface area contributed by atoms with Crippen molar-refractivity contribution >= 4 is 23.5 Å². The first-order valence-corrected chi connectivity index (χ1v) is 5.49. The van der Waals surface area contributed by atoms with E-state index in [0.717, 1.165) is 0 Å². The van der Waals surface area contributed by atoms with E-state index in [1.807, 2.05) is 12.1 Å². The van der Waals surface area contributed by atoms with Crippen molar-refractivity contribution in [1.82, 2.24) is 5.43 Å². The number of hydrogen-bond acceptors (Lipinski definition) is 3. The summed E-state index contributed by atoms with van der Waals surface area (Å²) in [6.07, 6.45) is 3.97. The molecule has 0 amide bonds. The predicted octanol–water partition coefficient (Wildman–Crippen LogP) is 1.44. The first kappa shape index (κ1) is 10.9. The van der Waals surface area contributed by atoms with E-state index in [1.54, 1.807) is 6.07 Å². The quantitative estimate of drug-likeness (QED) is 0.421. The fourth-order valence-electron chi connectivity index (χ4n) is 1.51. The van der Waals surface area contributed by atoms with E-state index in [0.29, 0.717) is 11.5 Å². The molecule has 0 bridgehead atoms. The molecule has 2 rings (SSSR count). The van der Waals surface area contributed by atoms with Crippen molar-refractivity contribution in [3.63, 3.8) is 0 Å². The Bertz CT molecular complexity index is 441. The summed E-state index contributed by atoms with van der Waals surface area (Å²) in [6.45, 7) is 0. The van der Waals surface area contributed by atoms with Crippen LogP contribution in [0.15, 0.2) is 23.3 Å². The van der Waals surface area contributed by atoms with Gasteiger partial charge in [-0.05, 0) is 48.7 Å². The van der Waals surface area contributed by atoms with Gasteiger partial charge in [-0.25, -0.2) is 0 Å². The van der Waals surface area contributed by atoms with Gasteiger partial charge in [-0.3, -0.25) is 5.43 Å². The zero-order valence-electron chi connectivity index (χ0n) is 8.68. The zero-order valence-corrected chi connectivity index (χ0v) is 9.50. The number of aromatic hydroxyl groups is 1. The highest BCUT2D eigenvalue weighted by atomic mass is 32.1. The second-order valence-corrected chi connectivity index (χ2v) is 4.27. The summed E-state index contributed by atoms with van der Waals surface area (Å²) in [7, 11) is 0. The van der Waals surface area contributed by atoms with Gasteiger partial charge in [0.25, 0.3) is 0 Å². The number of thiocarbonyl (C=S) groups is 1. The molecule has 0 heterocycles. The van der Waals surface area contributed by atoms with Crippen LogP contribution in [0.5, 0.6) is 5.75 Å². The number of rotatable bonds is 3. The van der Waals surface area contributed by atoms with Crippen molar-refractivity contribution in [2.75, 3.05) is 0 Å². The SMILES string of the molecule is NC(=S)NN=Cc1cc(C2CC2)ccc1O. The van der Waals surface area contributed by atoms with Crippen LogP contribution in [-0.4, -0.2) is 16.4 Å². The van der Waals surface area contributed by atoms with E-state index in [9.17, 15) is 5.11 Å². The monoisotopic (exact) mass is 235 g/mol. The molecule has 4 nitrogen and oxygen atoms in total. The topological polar surface area (TPSA) is 70.6 Å². The van der Waals surface area contributed by atoms with E-state index in [1.165, 1.54) is 24.6 Å². The van der Waals surface area contributed by atoms with E-state index in [4.69, 9.17) is 5.73 Å². The molecule has 1 saturated carbocycles. The van der Waals surface area contributed by atoms with Crippen LogP contribution in [0, 0.1) is 0 Å². The maximum Gasteiger partial charge on any atom is 0.184 e. The molecular formula is C11H13N3OS.